The zero-order valence-electron chi connectivity index (χ0n) is 9.43. The number of carbonyl (C=O) groups is 2. The number of carboxylic acids is 1. The highest BCUT2D eigenvalue weighted by Crippen LogP contribution is 2.21. The van der Waals surface area contributed by atoms with Gasteiger partial charge in [-0.1, -0.05) is 0 Å². The predicted molar refractivity (Wildman–Crippen MR) is 58.3 cm³/mol. The Bertz CT molecular complexity index is 409. The van der Waals surface area contributed by atoms with Crippen molar-refractivity contribution in [3.63, 3.8) is 0 Å². The average Bonchev–Trinajstić information content (AvgIpc) is 2.15. The maximum Gasteiger partial charge on any atom is 0.329 e. The molecule has 8 heteroatoms. The minimum atomic E-state index is -3.46. The quantitative estimate of drug-likeness (QED) is 0.659. The van der Waals surface area contributed by atoms with Gasteiger partial charge in [0.05, 0.1) is 0 Å². The van der Waals surface area contributed by atoms with Crippen molar-refractivity contribution in [3.8, 4) is 0 Å². The lowest BCUT2D eigenvalue weighted by Gasteiger charge is -2.33. The van der Waals surface area contributed by atoms with Gasteiger partial charge in [0, 0.05) is 32.3 Å². The molecule has 0 aromatic heterocycles. The van der Waals surface area contributed by atoms with Gasteiger partial charge in [0.2, 0.25) is 5.91 Å². The normalized spacial score (nSPS) is 19.6. The summed E-state index contributed by atoms with van der Waals surface area (Å²) in [5.74, 6) is -2.66. The van der Waals surface area contributed by atoms with Crippen molar-refractivity contribution in [3.05, 3.63) is 0 Å². The van der Waals surface area contributed by atoms with Crippen LogP contribution < -0.4 is 5.32 Å². The van der Waals surface area contributed by atoms with E-state index in [4.69, 9.17) is 9.84 Å². The lowest BCUT2D eigenvalue weighted by atomic mass is 9.90. The number of rotatable bonds is 4. The Morgan fingerprint density at radius 3 is 2.29 bits per heavy atom. The fraction of sp³-hybridized carbons (Fsp3) is 0.778. The number of aliphatic carboxylic acids is 1. The Balaban J connectivity index is 2.74. The van der Waals surface area contributed by atoms with Crippen LogP contribution in [0.4, 0.5) is 0 Å². The van der Waals surface area contributed by atoms with Gasteiger partial charge < -0.3 is 15.2 Å². The van der Waals surface area contributed by atoms with Gasteiger partial charge in [-0.05, 0) is 0 Å². The summed E-state index contributed by atoms with van der Waals surface area (Å²) in [6, 6.07) is 0. The Morgan fingerprint density at radius 1 is 1.35 bits per heavy atom. The first-order valence-electron chi connectivity index (χ1n) is 5.05. The summed E-state index contributed by atoms with van der Waals surface area (Å²) in [6.07, 6.45) is 1.19. The van der Waals surface area contributed by atoms with E-state index in [1.807, 2.05) is 0 Å². The van der Waals surface area contributed by atoms with Crippen LogP contribution >= 0.6 is 0 Å². The zero-order valence-corrected chi connectivity index (χ0v) is 10.2. The fourth-order valence-electron chi connectivity index (χ4n) is 1.65. The highest BCUT2D eigenvalue weighted by atomic mass is 32.2. The van der Waals surface area contributed by atoms with Crippen molar-refractivity contribution in [2.24, 2.45) is 0 Å². The number of amides is 1. The predicted octanol–water partition coefficient (Wildman–Crippen LogP) is -1.22. The number of hydrogen-bond donors (Lipinski definition) is 2. The second-order valence-electron chi connectivity index (χ2n) is 4.12. The first kappa shape index (κ1) is 13.9. The third-order valence-corrected chi connectivity index (χ3v) is 3.31. The molecule has 2 N–H and O–H groups in total. The third kappa shape index (κ3) is 3.97. The van der Waals surface area contributed by atoms with E-state index in [-0.39, 0.29) is 26.1 Å². The van der Waals surface area contributed by atoms with Crippen LogP contribution in [0.1, 0.15) is 12.8 Å². The highest BCUT2D eigenvalue weighted by Gasteiger charge is 2.41. The molecule has 0 unspecified atom stereocenters. The monoisotopic (exact) mass is 265 g/mol. The van der Waals surface area contributed by atoms with Crippen molar-refractivity contribution in [1.82, 2.24) is 5.32 Å². The topological polar surface area (TPSA) is 110 Å². The van der Waals surface area contributed by atoms with Crippen LogP contribution in [0.15, 0.2) is 0 Å². The van der Waals surface area contributed by atoms with Crippen molar-refractivity contribution in [1.29, 1.82) is 0 Å². The van der Waals surface area contributed by atoms with E-state index < -0.39 is 33.0 Å². The van der Waals surface area contributed by atoms with E-state index in [1.165, 1.54) is 0 Å². The van der Waals surface area contributed by atoms with E-state index in [1.54, 1.807) is 0 Å². The molecule has 0 radical (unpaired) electrons. The molecule has 1 saturated heterocycles. The number of sulfone groups is 1. The number of carbonyl (C=O) groups excluding carboxylic acids is 1. The summed E-state index contributed by atoms with van der Waals surface area (Å²) in [7, 11) is -3.46. The van der Waals surface area contributed by atoms with E-state index >= 15 is 0 Å². The smallest absolute Gasteiger partial charge is 0.329 e. The van der Waals surface area contributed by atoms with Crippen LogP contribution in [0.5, 0.6) is 0 Å². The van der Waals surface area contributed by atoms with Crippen LogP contribution in [0, 0.1) is 0 Å². The van der Waals surface area contributed by atoms with Crippen molar-refractivity contribution < 1.29 is 27.9 Å². The van der Waals surface area contributed by atoms with Gasteiger partial charge in [-0.25, -0.2) is 13.2 Å². The van der Waals surface area contributed by atoms with Crippen molar-refractivity contribution in [2.75, 3.05) is 25.2 Å². The van der Waals surface area contributed by atoms with Crippen LogP contribution in [-0.2, 0) is 24.2 Å². The standard InChI is InChI=1S/C9H15NO6S/c1-17(14,15)6-7(11)10-9(8(12)13)2-4-16-5-3-9/h2-6H2,1H3,(H,10,11)(H,12,13). The van der Waals surface area contributed by atoms with Crippen molar-refractivity contribution in [2.45, 2.75) is 18.4 Å². The molecule has 17 heavy (non-hydrogen) atoms. The number of nitrogens with one attached hydrogen (secondary N) is 1. The summed E-state index contributed by atoms with van der Waals surface area (Å²) in [6.45, 7) is 0.455. The second kappa shape index (κ2) is 5.01. The SMILES string of the molecule is CS(=O)(=O)CC(=O)NC1(C(=O)O)CCOCC1. The summed E-state index contributed by atoms with van der Waals surface area (Å²) in [4.78, 5) is 22.6. The molecule has 1 fully saturated rings. The average molecular weight is 265 g/mol. The molecular weight excluding hydrogens is 250 g/mol. The molecule has 0 aromatic carbocycles. The number of ether oxygens (including phenoxy) is 1. The van der Waals surface area contributed by atoms with Gasteiger partial charge in [0.25, 0.3) is 0 Å². The maximum atomic E-state index is 11.4. The summed E-state index contributed by atoms with van der Waals surface area (Å²) >= 11 is 0. The van der Waals surface area contributed by atoms with E-state index in [0.29, 0.717) is 0 Å². The van der Waals surface area contributed by atoms with E-state index in [2.05, 4.69) is 5.32 Å². The van der Waals surface area contributed by atoms with Crippen LogP contribution in [0.2, 0.25) is 0 Å². The lowest BCUT2D eigenvalue weighted by molar-refractivity contribution is -0.151. The molecule has 0 aromatic rings. The second-order valence-corrected chi connectivity index (χ2v) is 6.26. The summed E-state index contributed by atoms with van der Waals surface area (Å²) in [5, 5.41) is 11.4. The molecule has 1 rings (SSSR count). The number of hydrogen-bond acceptors (Lipinski definition) is 5. The van der Waals surface area contributed by atoms with Gasteiger partial charge in [0.1, 0.15) is 11.3 Å². The lowest BCUT2D eigenvalue weighted by Crippen LogP contribution is -2.58. The molecular formula is C9H15NO6S. The molecule has 0 spiro atoms. The Kier molecular flexibility index (Phi) is 4.10. The Hall–Kier alpha value is -1.15. The molecule has 0 atom stereocenters. The Labute approximate surface area is 99.1 Å². The Morgan fingerprint density at radius 2 is 1.88 bits per heavy atom. The van der Waals surface area contributed by atoms with Crippen molar-refractivity contribution >= 4 is 21.7 Å². The largest absolute Gasteiger partial charge is 0.480 e. The van der Waals surface area contributed by atoms with Gasteiger partial charge >= 0.3 is 5.97 Å². The third-order valence-electron chi connectivity index (χ3n) is 2.53. The van der Waals surface area contributed by atoms with Gasteiger partial charge in [0.15, 0.2) is 9.84 Å². The highest BCUT2D eigenvalue weighted by molar-refractivity contribution is 7.91. The van der Waals surface area contributed by atoms with Gasteiger partial charge in [-0.15, -0.1) is 0 Å². The molecule has 1 heterocycles. The summed E-state index contributed by atoms with van der Waals surface area (Å²) in [5.41, 5.74) is -1.40. The number of carboxylic acid groups (broad SMARTS) is 1. The zero-order chi connectivity index (χ0) is 13.1. The molecule has 0 bridgehead atoms. The van der Waals surface area contributed by atoms with Crippen LogP contribution in [-0.4, -0.2) is 56.2 Å². The summed E-state index contributed by atoms with van der Waals surface area (Å²) < 4.78 is 26.9. The van der Waals surface area contributed by atoms with E-state index in [0.717, 1.165) is 6.26 Å². The van der Waals surface area contributed by atoms with Crippen LogP contribution in [0.25, 0.3) is 0 Å². The molecule has 7 nitrogen and oxygen atoms in total. The first-order valence-corrected chi connectivity index (χ1v) is 7.11. The molecule has 0 aliphatic carbocycles. The molecule has 0 saturated carbocycles. The van der Waals surface area contributed by atoms with Gasteiger partial charge in [-0.3, -0.25) is 4.79 Å². The molecule has 98 valence electrons. The molecule has 1 aliphatic heterocycles. The molecule has 1 amide bonds. The molecule has 1 aliphatic rings. The van der Waals surface area contributed by atoms with E-state index in [9.17, 15) is 18.0 Å². The first-order chi connectivity index (χ1) is 7.75. The minimum Gasteiger partial charge on any atom is -0.480 e. The fourth-order valence-corrected chi connectivity index (χ4v) is 2.20. The van der Waals surface area contributed by atoms with Gasteiger partial charge in [-0.2, -0.15) is 0 Å². The van der Waals surface area contributed by atoms with Crippen LogP contribution in [0.3, 0.4) is 0 Å². The maximum absolute atomic E-state index is 11.4. The minimum absolute atomic E-state index is 0.137.